The third kappa shape index (κ3) is 3.32. The second-order valence-electron chi connectivity index (χ2n) is 6.78. The van der Waals surface area contributed by atoms with E-state index in [1.807, 2.05) is 24.4 Å². The zero-order chi connectivity index (χ0) is 17.7. The van der Waals surface area contributed by atoms with Crippen LogP contribution in [0.5, 0.6) is 0 Å². The summed E-state index contributed by atoms with van der Waals surface area (Å²) in [6.07, 6.45) is 4.18. The highest BCUT2D eigenvalue weighted by molar-refractivity contribution is 7.99. The van der Waals surface area contributed by atoms with Gasteiger partial charge in [-0.1, -0.05) is 7.43 Å². The molecule has 0 saturated carbocycles. The maximum atomic E-state index is 14.8. The number of hydrogen-bond acceptors (Lipinski definition) is 3. The Kier molecular flexibility index (Phi) is 6.07. The predicted molar refractivity (Wildman–Crippen MR) is 121 cm³/mol. The maximum absolute atomic E-state index is 14.8. The number of aromatic amines is 1. The second kappa shape index (κ2) is 8.19. The molecule has 0 unspecified atom stereocenters. The Bertz CT molecular complexity index is 1010. The van der Waals surface area contributed by atoms with Crippen molar-refractivity contribution in [3.05, 3.63) is 47.9 Å². The van der Waals surface area contributed by atoms with Crippen LogP contribution in [0.4, 0.5) is 10.1 Å². The fourth-order valence-electron chi connectivity index (χ4n) is 3.93. The molecule has 0 radical (unpaired) electrons. The van der Waals surface area contributed by atoms with Gasteiger partial charge < -0.3 is 15.6 Å². The van der Waals surface area contributed by atoms with Gasteiger partial charge in [0.25, 0.3) is 5.91 Å². The topological polar surface area (TPSA) is 56.9 Å². The average molecular weight is 418 g/mol. The Hall–Kier alpha value is -1.96. The minimum Gasteiger partial charge on any atom is -0.361 e. The first kappa shape index (κ1) is 20.8. The van der Waals surface area contributed by atoms with E-state index >= 15 is 0 Å². The number of H-pyrrole nitrogens is 1. The summed E-state index contributed by atoms with van der Waals surface area (Å²) in [6.45, 7) is 1.05. The van der Waals surface area contributed by atoms with Crippen molar-refractivity contribution in [3.63, 3.8) is 0 Å². The SMILES string of the molecule is C.O=C1Nc2ccc(F)c3c(SC[C@@H]4CCCN4)cc(-c4ccc[nH]4)c1c23.S. The van der Waals surface area contributed by atoms with Gasteiger partial charge in [0.2, 0.25) is 0 Å². The molecule has 3 aromatic rings. The molecule has 1 atom stereocenters. The first-order valence-electron chi connectivity index (χ1n) is 8.83. The van der Waals surface area contributed by atoms with Crippen LogP contribution < -0.4 is 10.6 Å². The third-order valence-corrected chi connectivity index (χ3v) is 6.36. The van der Waals surface area contributed by atoms with Crippen molar-refractivity contribution in [1.29, 1.82) is 0 Å². The zero-order valence-corrected chi connectivity index (χ0v) is 16.4. The van der Waals surface area contributed by atoms with Gasteiger partial charge in [0.1, 0.15) is 5.82 Å². The molecule has 7 heteroatoms. The normalized spacial score (nSPS) is 17.3. The molecule has 1 saturated heterocycles. The molecule has 4 nitrogen and oxygen atoms in total. The second-order valence-corrected chi connectivity index (χ2v) is 7.85. The summed E-state index contributed by atoms with van der Waals surface area (Å²) in [5.41, 5.74) is 2.94. The Morgan fingerprint density at radius 3 is 2.79 bits per heavy atom. The van der Waals surface area contributed by atoms with Crippen LogP contribution in [0.3, 0.4) is 0 Å². The molecule has 2 aromatic carbocycles. The number of hydrogen-bond donors (Lipinski definition) is 3. The van der Waals surface area contributed by atoms with Crippen molar-refractivity contribution in [2.24, 2.45) is 0 Å². The molecule has 0 aliphatic carbocycles. The number of aromatic nitrogens is 1. The third-order valence-electron chi connectivity index (χ3n) is 5.16. The van der Waals surface area contributed by atoms with E-state index in [2.05, 4.69) is 15.6 Å². The lowest BCUT2D eigenvalue weighted by molar-refractivity contribution is 0.103. The van der Waals surface area contributed by atoms with Gasteiger partial charge >= 0.3 is 0 Å². The highest BCUT2D eigenvalue weighted by atomic mass is 32.2. The van der Waals surface area contributed by atoms with E-state index in [1.54, 1.807) is 17.8 Å². The Morgan fingerprint density at radius 1 is 1.21 bits per heavy atom. The summed E-state index contributed by atoms with van der Waals surface area (Å²) in [6, 6.07) is 9.35. The average Bonchev–Trinajstić information content (AvgIpc) is 3.38. The van der Waals surface area contributed by atoms with Crippen LogP contribution in [0, 0.1) is 5.82 Å². The van der Waals surface area contributed by atoms with Crippen molar-refractivity contribution in [3.8, 4) is 11.3 Å². The van der Waals surface area contributed by atoms with Crippen LogP contribution in [0.2, 0.25) is 0 Å². The molecular weight excluding hydrogens is 393 g/mol. The number of thioether (sulfide) groups is 1. The van der Waals surface area contributed by atoms with Crippen molar-refractivity contribution < 1.29 is 9.18 Å². The number of benzene rings is 2. The highest BCUT2D eigenvalue weighted by Gasteiger charge is 2.29. The Labute approximate surface area is 175 Å². The standard InChI is InChI=1S/C20H18FN3OS.CH4.H2S/c21-13-5-6-15-19-17(20(25)24-15)12(14-4-2-8-23-14)9-16(18(13)19)26-10-11-3-1-7-22-11;;/h2,4-6,8-9,11,22-23H,1,3,7,10H2,(H,24,25);1H4;1H2/t11-;;/m0../s1. The Morgan fingerprint density at radius 2 is 2.07 bits per heavy atom. The van der Waals surface area contributed by atoms with Crippen LogP contribution >= 0.6 is 25.3 Å². The Balaban J connectivity index is 0.00000112. The largest absolute Gasteiger partial charge is 0.361 e. The van der Waals surface area contributed by atoms with Gasteiger partial charge in [0.05, 0.1) is 5.56 Å². The lowest BCUT2D eigenvalue weighted by Crippen LogP contribution is -2.23. The predicted octanol–water partition coefficient (Wildman–Crippen LogP) is 5.13. The van der Waals surface area contributed by atoms with Gasteiger partial charge in [-0.15, -0.1) is 11.8 Å². The molecule has 1 fully saturated rings. The van der Waals surface area contributed by atoms with Gasteiger partial charge in [0, 0.05) is 50.6 Å². The van der Waals surface area contributed by atoms with Gasteiger partial charge in [-0.2, -0.15) is 13.5 Å². The molecule has 2 aliphatic heterocycles. The quantitative estimate of drug-likeness (QED) is 0.516. The fraction of sp³-hybridized carbons (Fsp3) is 0.286. The molecule has 148 valence electrons. The molecule has 2 aliphatic rings. The van der Waals surface area contributed by atoms with Crippen molar-refractivity contribution in [1.82, 2.24) is 10.3 Å². The van der Waals surface area contributed by atoms with E-state index in [4.69, 9.17) is 0 Å². The van der Waals surface area contributed by atoms with Crippen LogP contribution in [0.15, 0.2) is 41.4 Å². The van der Waals surface area contributed by atoms with E-state index in [1.165, 1.54) is 12.5 Å². The molecule has 3 N–H and O–H groups in total. The minimum absolute atomic E-state index is 0. The van der Waals surface area contributed by atoms with E-state index in [9.17, 15) is 9.18 Å². The van der Waals surface area contributed by atoms with Gasteiger partial charge in [0.15, 0.2) is 0 Å². The summed E-state index contributed by atoms with van der Waals surface area (Å²) in [5, 5.41) is 7.62. The summed E-state index contributed by atoms with van der Waals surface area (Å²) >= 11 is 1.66. The number of nitrogens with one attached hydrogen (secondary N) is 3. The first-order chi connectivity index (χ1) is 12.7. The van der Waals surface area contributed by atoms with Crippen LogP contribution in [0.25, 0.3) is 22.0 Å². The number of anilines is 1. The first-order valence-corrected chi connectivity index (χ1v) is 9.81. The number of rotatable bonds is 4. The van der Waals surface area contributed by atoms with Crippen LogP contribution in [-0.2, 0) is 0 Å². The molecule has 1 amide bonds. The van der Waals surface area contributed by atoms with Crippen molar-refractivity contribution in [2.75, 3.05) is 17.6 Å². The number of halogens is 1. The number of carbonyl (C=O) groups is 1. The van der Waals surface area contributed by atoms with Crippen LogP contribution in [-0.4, -0.2) is 29.2 Å². The highest BCUT2D eigenvalue weighted by Crippen LogP contribution is 2.44. The molecule has 1 aromatic heterocycles. The van der Waals surface area contributed by atoms with Gasteiger partial charge in [-0.25, -0.2) is 4.39 Å². The minimum atomic E-state index is -0.276. The van der Waals surface area contributed by atoms with Crippen LogP contribution in [0.1, 0.15) is 30.6 Å². The lowest BCUT2D eigenvalue weighted by atomic mass is 9.97. The van der Waals surface area contributed by atoms with E-state index in [-0.39, 0.29) is 32.6 Å². The maximum Gasteiger partial charge on any atom is 0.257 e. The van der Waals surface area contributed by atoms with Gasteiger partial charge in [-0.05, 0) is 49.7 Å². The fourth-order valence-corrected chi connectivity index (χ4v) is 5.14. The molecular formula is C21H24FN3OS2. The molecule has 0 bridgehead atoms. The lowest BCUT2D eigenvalue weighted by Gasteiger charge is -2.14. The van der Waals surface area contributed by atoms with E-state index < -0.39 is 0 Å². The number of carbonyl (C=O) groups excluding carboxylic acids is 1. The number of amides is 1. The van der Waals surface area contributed by atoms with Gasteiger partial charge in [-0.3, -0.25) is 4.79 Å². The summed E-state index contributed by atoms with van der Waals surface area (Å²) < 4.78 is 14.8. The van der Waals surface area contributed by atoms with E-state index in [0.29, 0.717) is 28.1 Å². The summed E-state index contributed by atoms with van der Waals surface area (Å²) in [4.78, 5) is 16.7. The molecule has 0 spiro atoms. The zero-order valence-electron chi connectivity index (χ0n) is 14.6. The summed E-state index contributed by atoms with van der Waals surface area (Å²) in [7, 11) is 0. The smallest absolute Gasteiger partial charge is 0.257 e. The van der Waals surface area contributed by atoms with E-state index in [0.717, 1.165) is 34.9 Å². The monoisotopic (exact) mass is 417 g/mol. The summed E-state index contributed by atoms with van der Waals surface area (Å²) in [5.74, 6) is 0.444. The van der Waals surface area contributed by atoms with Crippen molar-refractivity contribution >= 4 is 47.6 Å². The molecule has 3 heterocycles. The van der Waals surface area contributed by atoms with Crippen molar-refractivity contribution in [2.45, 2.75) is 31.2 Å². The molecule has 5 rings (SSSR count). The molecule has 28 heavy (non-hydrogen) atoms.